The van der Waals surface area contributed by atoms with Gasteiger partial charge in [-0.3, -0.25) is 4.79 Å². The van der Waals surface area contributed by atoms with Gasteiger partial charge in [-0.05, 0) is 31.1 Å². The van der Waals surface area contributed by atoms with Crippen LogP contribution in [0, 0.1) is 11.8 Å². The first-order valence-electron chi connectivity index (χ1n) is 5.83. The number of nitrogens with one attached hydrogen (secondary N) is 1. The van der Waals surface area contributed by atoms with Crippen molar-refractivity contribution in [2.24, 2.45) is 11.8 Å². The van der Waals surface area contributed by atoms with Gasteiger partial charge in [0.15, 0.2) is 0 Å². The maximum absolute atomic E-state index is 11.7. The summed E-state index contributed by atoms with van der Waals surface area (Å²) in [6.45, 7) is 2.90. The average molecular weight is 193 g/mol. The van der Waals surface area contributed by atoms with E-state index in [0.29, 0.717) is 5.92 Å². The fourth-order valence-corrected chi connectivity index (χ4v) is 2.57. The summed E-state index contributed by atoms with van der Waals surface area (Å²) in [5, 5.41) is 2.96. The lowest BCUT2D eigenvalue weighted by Gasteiger charge is -2.38. The van der Waals surface area contributed by atoms with Gasteiger partial charge < -0.3 is 5.32 Å². The maximum atomic E-state index is 11.7. The summed E-state index contributed by atoms with van der Waals surface area (Å²) < 4.78 is 0. The number of carbonyl (C=O) groups is 1. The van der Waals surface area contributed by atoms with Crippen LogP contribution in [0.2, 0.25) is 0 Å². The summed E-state index contributed by atoms with van der Waals surface area (Å²) in [4.78, 5) is 11.7. The Labute approximate surface area is 85.8 Å². The van der Waals surface area contributed by atoms with E-state index >= 15 is 0 Å². The molecule has 0 saturated heterocycles. The first-order valence-corrected chi connectivity index (χ1v) is 5.83. The summed E-state index contributed by atoms with van der Waals surface area (Å²) >= 11 is 0. The molecule has 1 fully saturated rings. The Hall–Kier alpha value is -0.790. The molecule has 2 unspecified atom stereocenters. The Morgan fingerprint density at radius 1 is 1.50 bits per heavy atom. The van der Waals surface area contributed by atoms with Crippen LogP contribution in [0.1, 0.15) is 39.0 Å². The van der Waals surface area contributed by atoms with Crippen LogP contribution in [-0.4, -0.2) is 12.5 Å². The second kappa shape index (κ2) is 4.16. The minimum Gasteiger partial charge on any atom is -0.352 e. The van der Waals surface area contributed by atoms with Crippen LogP contribution in [0.3, 0.4) is 0 Å². The van der Waals surface area contributed by atoms with E-state index in [0.717, 1.165) is 24.5 Å². The average Bonchev–Trinajstić information content (AvgIpc) is 2.17. The summed E-state index contributed by atoms with van der Waals surface area (Å²) in [5.41, 5.74) is 1.07. The molecule has 78 valence electrons. The molecule has 1 N–H and O–H groups in total. The molecule has 2 nitrogen and oxygen atoms in total. The summed E-state index contributed by atoms with van der Waals surface area (Å²) in [5.74, 6) is 1.52. The van der Waals surface area contributed by atoms with Crippen LogP contribution in [0.5, 0.6) is 0 Å². The molecular weight excluding hydrogens is 174 g/mol. The normalized spacial score (nSPS) is 29.9. The molecular formula is C12H19NO. The van der Waals surface area contributed by atoms with E-state index in [4.69, 9.17) is 0 Å². The molecule has 1 amide bonds. The van der Waals surface area contributed by atoms with Crippen molar-refractivity contribution in [3.8, 4) is 0 Å². The third-order valence-electron chi connectivity index (χ3n) is 3.41. The highest BCUT2D eigenvalue weighted by Gasteiger charge is 2.37. The number of amides is 1. The molecule has 0 aromatic carbocycles. The van der Waals surface area contributed by atoms with Crippen molar-refractivity contribution in [2.75, 3.05) is 6.54 Å². The van der Waals surface area contributed by atoms with Crippen molar-refractivity contribution >= 4 is 5.91 Å². The second-order valence-corrected chi connectivity index (χ2v) is 4.43. The van der Waals surface area contributed by atoms with E-state index in [1.165, 1.54) is 25.7 Å². The first-order chi connectivity index (χ1) is 6.83. The van der Waals surface area contributed by atoms with Crippen LogP contribution < -0.4 is 5.32 Å². The fraction of sp³-hybridized carbons (Fsp3) is 0.750. The zero-order valence-electron chi connectivity index (χ0n) is 8.88. The second-order valence-electron chi connectivity index (χ2n) is 4.43. The lowest BCUT2D eigenvalue weighted by atomic mass is 9.66. The molecule has 2 atom stereocenters. The molecule has 2 aliphatic carbocycles. The summed E-state index contributed by atoms with van der Waals surface area (Å²) in [6, 6.07) is 0. The standard InChI is InChI=1S/C12H19NO/c1-2-7-13-12(14)11-8-9-5-3-4-6-10(9)11/h8-10H,2-7H2,1H3,(H,13,14). The van der Waals surface area contributed by atoms with Crippen molar-refractivity contribution in [1.82, 2.24) is 5.32 Å². The van der Waals surface area contributed by atoms with E-state index in [1.807, 2.05) is 0 Å². The maximum Gasteiger partial charge on any atom is 0.247 e. The molecule has 0 aromatic rings. The summed E-state index contributed by atoms with van der Waals surface area (Å²) in [6.07, 6.45) is 8.40. The lowest BCUT2D eigenvalue weighted by Crippen LogP contribution is -2.38. The van der Waals surface area contributed by atoms with Crippen molar-refractivity contribution in [3.63, 3.8) is 0 Å². The molecule has 0 radical (unpaired) electrons. The van der Waals surface area contributed by atoms with Gasteiger partial charge in [0, 0.05) is 12.1 Å². The Morgan fingerprint density at radius 3 is 3.00 bits per heavy atom. The van der Waals surface area contributed by atoms with Crippen LogP contribution in [-0.2, 0) is 4.79 Å². The van der Waals surface area contributed by atoms with Crippen molar-refractivity contribution in [1.29, 1.82) is 0 Å². The molecule has 14 heavy (non-hydrogen) atoms. The van der Waals surface area contributed by atoms with Crippen molar-refractivity contribution in [3.05, 3.63) is 11.6 Å². The first kappa shape index (κ1) is 9.75. The lowest BCUT2D eigenvalue weighted by molar-refractivity contribution is -0.118. The zero-order chi connectivity index (χ0) is 9.97. The number of allylic oxidation sites excluding steroid dienone is 1. The third-order valence-corrected chi connectivity index (χ3v) is 3.41. The van der Waals surface area contributed by atoms with Gasteiger partial charge in [-0.2, -0.15) is 0 Å². The zero-order valence-corrected chi connectivity index (χ0v) is 8.88. The van der Waals surface area contributed by atoms with Crippen LogP contribution in [0.15, 0.2) is 11.6 Å². The summed E-state index contributed by atoms with van der Waals surface area (Å²) in [7, 11) is 0. The van der Waals surface area contributed by atoms with Gasteiger partial charge >= 0.3 is 0 Å². The minimum absolute atomic E-state index is 0.190. The van der Waals surface area contributed by atoms with Gasteiger partial charge in [0.25, 0.3) is 0 Å². The highest BCUT2D eigenvalue weighted by atomic mass is 16.1. The van der Waals surface area contributed by atoms with Gasteiger partial charge in [0.2, 0.25) is 5.91 Å². The Morgan fingerprint density at radius 2 is 2.29 bits per heavy atom. The number of hydrogen-bond acceptors (Lipinski definition) is 1. The number of carbonyl (C=O) groups excluding carboxylic acids is 1. The number of hydrogen-bond donors (Lipinski definition) is 1. The fourth-order valence-electron chi connectivity index (χ4n) is 2.57. The number of fused-ring (bicyclic) bond motifs is 1. The van der Waals surface area contributed by atoms with Gasteiger partial charge in [0.05, 0.1) is 0 Å². The van der Waals surface area contributed by atoms with Crippen LogP contribution in [0.4, 0.5) is 0 Å². The predicted molar refractivity (Wildman–Crippen MR) is 56.8 cm³/mol. The van der Waals surface area contributed by atoms with E-state index in [2.05, 4.69) is 18.3 Å². The largest absolute Gasteiger partial charge is 0.352 e. The molecule has 0 aliphatic heterocycles. The molecule has 2 aliphatic rings. The quantitative estimate of drug-likeness (QED) is 0.732. The molecule has 0 spiro atoms. The van der Waals surface area contributed by atoms with Gasteiger partial charge in [0.1, 0.15) is 0 Å². The smallest absolute Gasteiger partial charge is 0.247 e. The molecule has 0 bridgehead atoms. The molecule has 2 heteroatoms. The van der Waals surface area contributed by atoms with Crippen LogP contribution in [0.25, 0.3) is 0 Å². The van der Waals surface area contributed by atoms with Gasteiger partial charge in [-0.1, -0.05) is 25.8 Å². The molecule has 0 aromatic heterocycles. The number of rotatable bonds is 3. The van der Waals surface area contributed by atoms with E-state index in [9.17, 15) is 4.79 Å². The SMILES string of the molecule is CCCNC(=O)C1=CC2CCCCC12. The molecule has 1 saturated carbocycles. The highest BCUT2D eigenvalue weighted by Crippen LogP contribution is 2.43. The van der Waals surface area contributed by atoms with Crippen molar-refractivity contribution in [2.45, 2.75) is 39.0 Å². The Balaban J connectivity index is 1.90. The Kier molecular flexibility index (Phi) is 2.90. The topological polar surface area (TPSA) is 29.1 Å². The van der Waals surface area contributed by atoms with Gasteiger partial charge in [-0.15, -0.1) is 0 Å². The third kappa shape index (κ3) is 1.70. The van der Waals surface area contributed by atoms with E-state index in [-0.39, 0.29) is 5.91 Å². The predicted octanol–water partition coefficient (Wildman–Crippen LogP) is 2.26. The highest BCUT2D eigenvalue weighted by molar-refractivity contribution is 5.95. The minimum atomic E-state index is 0.190. The molecule has 2 rings (SSSR count). The van der Waals surface area contributed by atoms with Gasteiger partial charge in [-0.25, -0.2) is 0 Å². The van der Waals surface area contributed by atoms with E-state index in [1.54, 1.807) is 0 Å². The van der Waals surface area contributed by atoms with Crippen molar-refractivity contribution < 1.29 is 4.79 Å². The van der Waals surface area contributed by atoms with Crippen LogP contribution >= 0.6 is 0 Å². The Bertz CT molecular complexity index is 257. The van der Waals surface area contributed by atoms with E-state index < -0.39 is 0 Å². The monoisotopic (exact) mass is 193 g/mol. The molecule has 0 heterocycles.